The molecule has 0 aliphatic carbocycles. The average molecular weight is 271 g/mol. The molecule has 0 N–H and O–H groups in total. The Hall–Kier alpha value is -0.500. The number of hydrogen-bond acceptors (Lipinski definition) is 1. The van der Waals surface area contributed by atoms with Crippen molar-refractivity contribution in [2.24, 2.45) is 0 Å². The van der Waals surface area contributed by atoms with Crippen molar-refractivity contribution in [3.63, 3.8) is 0 Å². The molecule has 0 fully saturated rings. The van der Waals surface area contributed by atoms with Crippen LogP contribution in [0.4, 0.5) is 0 Å². The largest absolute Gasteiger partial charge is 0.496 e. The zero-order valence-corrected chi connectivity index (χ0v) is 11.7. The molecule has 15 heavy (non-hydrogen) atoms. The van der Waals surface area contributed by atoms with Crippen LogP contribution < -0.4 is 4.74 Å². The van der Waals surface area contributed by atoms with Crippen LogP contribution in [0.3, 0.4) is 0 Å². The average Bonchev–Trinajstić information content (AvgIpc) is 2.17. The van der Waals surface area contributed by atoms with Gasteiger partial charge < -0.3 is 4.74 Å². The number of ether oxygens (including phenoxy) is 1. The summed E-state index contributed by atoms with van der Waals surface area (Å²) >= 11 is 3.56. The summed E-state index contributed by atoms with van der Waals surface area (Å²) in [4.78, 5) is 0. The van der Waals surface area contributed by atoms with Crippen LogP contribution in [-0.2, 0) is 5.41 Å². The number of aryl methyl sites for hydroxylation is 2. The molecule has 0 spiro atoms. The molecule has 0 atom stereocenters. The van der Waals surface area contributed by atoms with Crippen LogP contribution in [-0.4, -0.2) is 12.4 Å². The van der Waals surface area contributed by atoms with Gasteiger partial charge in [0.25, 0.3) is 0 Å². The second-order valence-electron chi connectivity index (χ2n) is 4.66. The first-order valence-electron chi connectivity index (χ1n) is 5.14. The molecule has 0 saturated heterocycles. The van der Waals surface area contributed by atoms with E-state index in [1.165, 1.54) is 16.7 Å². The molecule has 0 heterocycles. The van der Waals surface area contributed by atoms with Gasteiger partial charge in [0.05, 0.1) is 7.11 Å². The maximum Gasteiger partial charge on any atom is 0.124 e. The second kappa shape index (κ2) is 4.56. The van der Waals surface area contributed by atoms with Gasteiger partial charge >= 0.3 is 0 Å². The third kappa shape index (κ3) is 2.54. The van der Waals surface area contributed by atoms with Gasteiger partial charge in [0, 0.05) is 5.33 Å². The molecule has 0 aliphatic rings. The Kier molecular flexibility index (Phi) is 3.82. The van der Waals surface area contributed by atoms with E-state index in [1.54, 1.807) is 7.11 Å². The molecule has 0 unspecified atom stereocenters. The van der Waals surface area contributed by atoms with Crippen LogP contribution in [0.15, 0.2) is 12.1 Å². The molecule has 0 radical (unpaired) electrons. The normalized spacial score (nSPS) is 11.6. The molecule has 0 amide bonds. The highest BCUT2D eigenvalue weighted by atomic mass is 79.9. The predicted octanol–water partition coefficient (Wildman–Crippen LogP) is 3.98. The van der Waals surface area contributed by atoms with E-state index >= 15 is 0 Å². The van der Waals surface area contributed by atoms with Gasteiger partial charge in [-0.3, -0.25) is 0 Å². The molecule has 0 saturated carbocycles. The lowest BCUT2D eigenvalue weighted by Crippen LogP contribution is -2.19. The number of alkyl halides is 1. The lowest BCUT2D eigenvalue weighted by atomic mass is 9.85. The third-order valence-corrected chi connectivity index (χ3v) is 4.18. The van der Waals surface area contributed by atoms with E-state index in [1.807, 2.05) is 0 Å². The van der Waals surface area contributed by atoms with Gasteiger partial charge in [0.1, 0.15) is 5.75 Å². The molecule has 2 heteroatoms. The Morgan fingerprint density at radius 3 is 2.00 bits per heavy atom. The second-order valence-corrected chi connectivity index (χ2v) is 5.22. The van der Waals surface area contributed by atoms with E-state index in [0.29, 0.717) is 0 Å². The fraction of sp³-hybridized carbons (Fsp3) is 0.538. The first kappa shape index (κ1) is 12.6. The monoisotopic (exact) mass is 270 g/mol. The van der Waals surface area contributed by atoms with Crippen molar-refractivity contribution in [1.29, 1.82) is 0 Å². The molecule has 0 aliphatic heterocycles. The van der Waals surface area contributed by atoms with Crippen molar-refractivity contribution >= 4 is 15.9 Å². The maximum atomic E-state index is 5.37. The summed E-state index contributed by atoms with van der Waals surface area (Å²) in [6, 6.07) is 4.43. The fourth-order valence-corrected chi connectivity index (χ4v) is 2.06. The molecular weight excluding hydrogens is 252 g/mol. The van der Waals surface area contributed by atoms with Crippen LogP contribution in [0.1, 0.15) is 30.5 Å². The van der Waals surface area contributed by atoms with Crippen molar-refractivity contribution in [3.8, 4) is 5.75 Å². The highest BCUT2D eigenvalue weighted by Crippen LogP contribution is 2.32. The van der Waals surface area contributed by atoms with Crippen LogP contribution in [0, 0.1) is 13.8 Å². The lowest BCUT2D eigenvalue weighted by molar-refractivity contribution is 0.408. The summed E-state index contributed by atoms with van der Waals surface area (Å²) in [6.07, 6.45) is 0. The van der Waals surface area contributed by atoms with Gasteiger partial charge in [-0.2, -0.15) is 0 Å². The standard InChI is InChI=1S/C13H19BrO/c1-9-6-11(13(3,4)8-14)7-10(2)12(9)15-5/h6-7H,8H2,1-5H3. The zero-order chi connectivity index (χ0) is 11.6. The molecule has 1 nitrogen and oxygen atoms in total. The number of rotatable bonds is 3. The first-order chi connectivity index (χ1) is 6.92. The minimum atomic E-state index is 0.168. The third-order valence-electron chi connectivity index (χ3n) is 2.78. The number of benzene rings is 1. The van der Waals surface area contributed by atoms with E-state index in [9.17, 15) is 0 Å². The molecular formula is C13H19BrO. The topological polar surface area (TPSA) is 9.23 Å². The smallest absolute Gasteiger partial charge is 0.124 e. The molecule has 1 rings (SSSR count). The molecule has 0 bridgehead atoms. The number of methoxy groups -OCH3 is 1. The highest BCUT2D eigenvalue weighted by molar-refractivity contribution is 9.09. The van der Waals surface area contributed by atoms with Crippen LogP contribution in [0.2, 0.25) is 0 Å². The van der Waals surface area contributed by atoms with E-state index in [0.717, 1.165) is 11.1 Å². The Morgan fingerprint density at radius 2 is 1.67 bits per heavy atom. The molecule has 1 aromatic rings. The van der Waals surface area contributed by atoms with Crippen molar-refractivity contribution < 1.29 is 4.74 Å². The first-order valence-corrected chi connectivity index (χ1v) is 6.26. The van der Waals surface area contributed by atoms with Crippen molar-refractivity contribution in [3.05, 3.63) is 28.8 Å². The predicted molar refractivity (Wildman–Crippen MR) is 69.3 cm³/mol. The fourth-order valence-electron chi connectivity index (χ4n) is 1.74. The molecule has 1 aromatic carbocycles. The van der Waals surface area contributed by atoms with E-state index < -0.39 is 0 Å². The van der Waals surface area contributed by atoms with Crippen LogP contribution >= 0.6 is 15.9 Å². The summed E-state index contributed by atoms with van der Waals surface area (Å²) in [7, 11) is 1.73. The Balaban J connectivity index is 3.26. The maximum absolute atomic E-state index is 5.37. The Labute approximate surface area is 101 Å². The van der Waals surface area contributed by atoms with Gasteiger partial charge in [0.2, 0.25) is 0 Å². The van der Waals surface area contributed by atoms with Gasteiger partial charge in [-0.25, -0.2) is 0 Å². The molecule has 0 aromatic heterocycles. The highest BCUT2D eigenvalue weighted by Gasteiger charge is 2.20. The van der Waals surface area contributed by atoms with Gasteiger partial charge in [-0.1, -0.05) is 41.9 Å². The van der Waals surface area contributed by atoms with E-state index in [-0.39, 0.29) is 5.41 Å². The summed E-state index contributed by atoms with van der Waals surface area (Å²) < 4.78 is 5.37. The quantitative estimate of drug-likeness (QED) is 0.755. The van der Waals surface area contributed by atoms with E-state index in [2.05, 4.69) is 55.8 Å². The van der Waals surface area contributed by atoms with Gasteiger partial charge in [-0.05, 0) is 36.0 Å². The van der Waals surface area contributed by atoms with Gasteiger partial charge in [-0.15, -0.1) is 0 Å². The van der Waals surface area contributed by atoms with Crippen LogP contribution in [0.5, 0.6) is 5.75 Å². The lowest BCUT2D eigenvalue weighted by Gasteiger charge is -2.24. The van der Waals surface area contributed by atoms with Crippen LogP contribution in [0.25, 0.3) is 0 Å². The number of hydrogen-bond donors (Lipinski definition) is 0. The van der Waals surface area contributed by atoms with Crippen molar-refractivity contribution in [2.75, 3.05) is 12.4 Å². The number of halogens is 1. The summed E-state index contributed by atoms with van der Waals surface area (Å²) in [6.45, 7) is 8.67. The summed E-state index contributed by atoms with van der Waals surface area (Å²) in [5, 5.41) is 0.964. The minimum absolute atomic E-state index is 0.168. The zero-order valence-electron chi connectivity index (χ0n) is 10.1. The Bertz CT molecular complexity index is 333. The minimum Gasteiger partial charge on any atom is -0.496 e. The summed E-state index contributed by atoms with van der Waals surface area (Å²) in [5.74, 6) is 1.00. The van der Waals surface area contributed by atoms with E-state index in [4.69, 9.17) is 4.74 Å². The SMILES string of the molecule is COc1c(C)cc(C(C)(C)CBr)cc1C. The Morgan fingerprint density at radius 1 is 1.20 bits per heavy atom. The van der Waals surface area contributed by atoms with Crippen molar-refractivity contribution in [1.82, 2.24) is 0 Å². The summed E-state index contributed by atoms with van der Waals surface area (Å²) in [5.41, 5.74) is 3.94. The van der Waals surface area contributed by atoms with Crippen molar-refractivity contribution in [2.45, 2.75) is 33.1 Å². The van der Waals surface area contributed by atoms with Gasteiger partial charge in [0.15, 0.2) is 0 Å². The molecule has 84 valence electrons.